The van der Waals surface area contributed by atoms with Crippen molar-refractivity contribution in [1.82, 2.24) is 0 Å². The van der Waals surface area contributed by atoms with Crippen molar-refractivity contribution in [2.45, 2.75) is 6.10 Å². The molecule has 0 spiro atoms. The van der Waals surface area contributed by atoms with Crippen molar-refractivity contribution in [1.29, 1.82) is 0 Å². The smallest absolute Gasteiger partial charge is 0.0934 e. The lowest BCUT2D eigenvalue weighted by Crippen LogP contribution is -2.00. The van der Waals surface area contributed by atoms with Gasteiger partial charge in [0.05, 0.1) is 6.10 Å². The molecule has 0 radical (unpaired) electrons. The van der Waals surface area contributed by atoms with E-state index >= 15 is 0 Å². The van der Waals surface area contributed by atoms with Crippen molar-refractivity contribution in [3.05, 3.63) is 54.6 Å². The summed E-state index contributed by atoms with van der Waals surface area (Å²) in [5.74, 6) is 0. The first kappa shape index (κ1) is 9.75. The molecule has 1 rings (SSSR count). The first-order valence-corrected chi connectivity index (χ1v) is 4.25. The molecule has 0 bridgehead atoms. The fourth-order valence-corrected chi connectivity index (χ4v) is 1.02. The van der Waals surface area contributed by atoms with Crippen molar-refractivity contribution < 1.29 is 4.74 Å². The van der Waals surface area contributed by atoms with Gasteiger partial charge in [-0.1, -0.05) is 48.6 Å². The zero-order chi connectivity index (χ0) is 9.52. The third kappa shape index (κ3) is 3.26. The average Bonchev–Trinajstić information content (AvgIpc) is 2.21. The predicted octanol–water partition coefficient (Wildman–Crippen LogP) is 2.90. The maximum absolute atomic E-state index is 5.12. The second-order valence-electron chi connectivity index (χ2n) is 2.71. The molecule has 1 nitrogen and oxygen atoms in total. The Morgan fingerprint density at radius 2 is 2.00 bits per heavy atom. The summed E-state index contributed by atoms with van der Waals surface area (Å²) in [4.78, 5) is 0. The average molecular weight is 174 g/mol. The molecule has 1 heteroatoms. The zero-order valence-electron chi connectivity index (χ0n) is 7.81. The monoisotopic (exact) mass is 174 g/mol. The Balaban J connectivity index is 2.62. The van der Waals surface area contributed by atoms with Crippen molar-refractivity contribution in [3.63, 3.8) is 0 Å². The fourth-order valence-electron chi connectivity index (χ4n) is 1.02. The molecule has 68 valence electrons. The molecule has 0 heterocycles. The predicted molar refractivity (Wildman–Crippen MR) is 56.5 cm³/mol. The third-order valence-electron chi connectivity index (χ3n) is 1.78. The number of hydrogen-bond donors (Lipinski definition) is 0. The van der Waals surface area contributed by atoms with Gasteiger partial charge in [0.1, 0.15) is 0 Å². The molecule has 13 heavy (non-hydrogen) atoms. The summed E-state index contributed by atoms with van der Waals surface area (Å²) in [5.41, 5.74) is 1.17. The van der Waals surface area contributed by atoms with E-state index in [1.807, 2.05) is 42.5 Å². The van der Waals surface area contributed by atoms with Gasteiger partial charge in [0.15, 0.2) is 0 Å². The first-order valence-electron chi connectivity index (χ1n) is 4.25. The maximum atomic E-state index is 5.12. The van der Waals surface area contributed by atoms with Crippen LogP contribution < -0.4 is 0 Å². The van der Waals surface area contributed by atoms with E-state index in [1.165, 1.54) is 5.56 Å². The molecule has 0 saturated heterocycles. The standard InChI is InChI=1S/C12H14O/c1-3-12(13-2)10-9-11-7-5-4-6-8-11/h3-10,12H,1H2,2H3/b10-9+. The highest BCUT2D eigenvalue weighted by Gasteiger charge is 1.92. The molecule has 1 atom stereocenters. The van der Waals surface area contributed by atoms with Gasteiger partial charge in [-0.3, -0.25) is 0 Å². The largest absolute Gasteiger partial charge is 0.373 e. The summed E-state index contributed by atoms with van der Waals surface area (Å²) < 4.78 is 5.12. The van der Waals surface area contributed by atoms with Crippen molar-refractivity contribution in [2.75, 3.05) is 7.11 Å². The van der Waals surface area contributed by atoms with E-state index in [0.717, 1.165) is 0 Å². The second-order valence-corrected chi connectivity index (χ2v) is 2.71. The van der Waals surface area contributed by atoms with E-state index in [4.69, 9.17) is 4.74 Å². The molecule has 0 fully saturated rings. The SMILES string of the molecule is C=CC(/C=C/c1ccccc1)OC. The molecule has 1 aromatic carbocycles. The van der Waals surface area contributed by atoms with Crippen LogP contribution in [0, 0.1) is 0 Å². The van der Waals surface area contributed by atoms with Crippen LogP contribution in [-0.2, 0) is 4.74 Å². The molecule has 1 aromatic rings. The second kappa shape index (κ2) is 5.33. The Kier molecular flexibility index (Phi) is 4.00. The molecule has 0 aliphatic carbocycles. The van der Waals surface area contributed by atoms with Crippen LogP contribution in [0.4, 0.5) is 0 Å². The fraction of sp³-hybridized carbons (Fsp3) is 0.167. The van der Waals surface area contributed by atoms with Gasteiger partial charge >= 0.3 is 0 Å². The molecule has 0 N–H and O–H groups in total. The van der Waals surface area contributed by atoms with E-state index in [0.29, 0.717) is 0 Å². The van der Waals surface area contributed by atoms with E-state index in [-0.39, 0.29) is 6.10 Å². The van der Waals surface area contributed by atoms with Crippen molar-refractivity contribution in [3.8, 4) is 0 Å². The van der Waals surface area contributed by atoms with Crippen molar-refractivity contribution in [2.24, 2.45) is 0 Å². The minimum Gasteiger partial charge on any atom is -0.373 e. The first-order chi connectivity index (χ1) is 6.36. The lowest BCUT2D eigenvalue weighted by molar-refractivity contribution is 0.178. The molecular formula is C12H14O. The Morgan fingerprint density at radius 3 is 2.54 bits per heavy atom. The van der Waals surface area contributed by atoms with Crippen molar-refractivity contribution >= 4 is 6.08 Å². The van der Waals surface area contributed by atoms with Gasteiger partial charge in [-0.15, -0.1) is 6.58 Å². The van der Waals surface area contributed by atoms with Crippen LogP contribution in [0.2, 0.25) is 0 Å². The lowest BCUT2D eigenvalue weighted by atomic mass is 10.2. The molecule has 1 unspecified atom stereocenters. The highest BCUT2D eigenvalue weighted by molar-refractivity contribution is 5.49. The summed E-state index contributed by atoms with van der Waals surface area (Å²) in [6.07, 6.45) is 5.76. The van der Waals surface area contributed by atoms with Gasteiger partial charge in [-0.05, 0) is 5.56 Å². The molecule has 0 aliphatic heterocycles. The van der Waals surface area contributed by atoms with Gasteiger partial charge in [0.2, 0.25) is 0 Å². The van der Waals surface area contributed by atoms with Crippen LogP contribution in [-0.4, -0.2) is 13.2 Å². The number of hydrogen-bond acceptors (Lipinski definition) is 1. The van der Waals surface area contributed by atoms with Crippen LogP contribution >= 0.6 is 0 Å². The zero-order valence-corrected chi connectivity index (χ0v) is 7.81. The van der Waals surface area contributed by atoms with Gasteiger partial charge < -0.3 is 4.74 Å². The quantitative estimate of drug-likeness (QED) is 0.638. The lowest BCUT2D eigenvalue weighted by Gasteiger charge is -2.02. The Bertz CT molecular complexity index is 274. The van der Waals surface area contributed by atoms with Gasteiger partial charge in [0, 0.05) is 7.11 Å². The minimum atomic E-state index is 0.000191. The number of benzene rings is 1. The van der Waals surface area contributed by atoms with E-state index < -0.39 is 0 Å². The van der Waals surface area contributed by atoms with Crippen LogP contribution in [0.5, 0.6) is 0 Å². The summed E-state index contributed by atoms with van der Waals surface area (Å²) in [5, 5.41) is 0. The number of rotatable bonds is 4. The highest BCUT2D eigenvalue weighted by Crippen LogP contribution is 2.03. The van der Waals surface area contributed by atoms with Crippen LogP contribution in [0.25, 0.3) is 6.08 Å². The van der Waals surface area contributed by atoms with Gasteiger partial charge in [0.25, 0.3) is 0 Å². The van der Waals surface area contributed by atoms with Crippen LogP contribution in [0.15, 0.2) is 49.1 Å². The molecule has 0 saturated carbocycles. The topological polar surface area (TPSA) is 9.23 Å². The van der Waals surface area contributed by atoms with E-state index in [2.05, 4.69) is 6.58 Å². The summed E-state index contributed by atoms with van der Waals surface area (Å²) in [7, 11) is 1.67. The highest BCUT2D eigenvalue weighted by atomic mass is 16.5. The molecule has 0 aliphatic rings. The third-order valence-corrected chi connectivity index (χ3v) is 1.78. The van der Waals surface area contributed by atoms with Gasteiger partial charge in [-0.2, -0.15) is 0 Å². The maximum Gasteiger partial charge on any atom is 0.0934 e. The Labute approximate surface area is 79.4 Å². The Morgan fingerprint density at radius 1 is 1.31 bits per heavy atom. The van der Waals surface area contributed by atoms with E-state index in [1.54, 1.807) is 13.2 Å². The summed E-state index contributed by atoms with van der Waals surface area (Å²) >= 11 is 0. The molecule has 0 amide bonds. The molecular weight excluding hydrogens is 160 g/mol. The number of ether oxygens (including phenoxy) is 1. The number of methoxy groups -OCH3 is 1. The summed E-state index contributed by atoms with van der Waals surface area (Å²) in [6.45, 7) is 3.67. The van der Waals surface area contributed by atoms with E-state index in [9.17, 15) is 0 Å². The summed E-state index contributed by atoms with van der Waals surface area (Å²) in [6, 6.07) is 10.1. The van der Waals surface area contributed by atoms with Crippen LogP contribution in [0.1, 0.15) is 5.56 Å². The van der Waals surface area contributed by atoms with Gasteiger partial charge in [-0.25, -0.2) is 0 Å². The Hall–Kier alpha value is -1.34. The normalized spacial score (nSPS) is 13.0. The molecule has 0 aromatic heterocycles. The minimum absolute atomic E-state index is 0.000191. The van der Waals surface area contributed by atoms with Crippen LogP contribution in [0.3, 0.4) is 0 Å².